The van der Waals surface area contributed by atoms with E-state index in [0.29, 0.717) is 21.9 Å². The Morgan fingerprint density at radius 1 is 1.12 bits per heavy atom. The lowest BCUT2D eigenvalue weighted by molar-refractivity contribution is 0.401. The largest absolute Gasteiger partial charge is 0.506 e. The molecule has 2 aliphatic rings. The Balaban J connectivity index is 1.88. The summed E-state index contributed by atoms with van der Waals surface area (Å²) in [5.41, 5.74) is 5.82. The van der Waals surface area contributed by atoms with Crippen molar-refractivity contribution in [2.75, 3.05) is 5.32 Å². The van der Waals surface area contributed by atoms with Gasteiger partial charge in [0, 0.05) is 22.2 Å². The Bertz CT molecular complexity index is 859. The van der Waals surface area contributed by atoms with Crippen molar-refractivity contribution in [1.82, 2.24) is 0 Å². The maximum atomic E-state index is 10.5. The Hall–Kier alpha value is -1.64. The number of halogens is 2. The number of fused-ring (bicyclic) bond motifs is 3. The molecule has 0 saturated heterocycles. The zero-order chi connectivity index (χ0) is 17.0. The second-order valence-electron chi connectivity index (χ2n) is 6.84. The number of aromatic hydroxyl groups is 1. The van der Waals surface area contributed by atoms with Crippen LogP contribution < -0.4 is 5.32 Å². The number of hydrogen-bond acceptors (Lipinski definition) is 2. The molecular weight excluding hydrogens is 341 g/mol. The molecule has 4 rings (SSSR count). The van der Waals surface area contributed by atoms with Gasteiger partial charge >= 0.3 is 0 Å². The van der Waals surface area contributed by atoms with Gasteiger partial charge in [0.05, 0.1) is 11.1 Å². The van der Waals surface area contributed by atoms with Gasteiger partial charge in [-0.2, -0.15) is 0 Å². The first kappa shape index (κ1) is 15.9. The van der Waals surface area contributed by atoms with Crippen molar-refractivity contribution in [3.8, 4) is 5.75 Å². The fraction of sp³-hybridized carbons (Fsp3) is 0.300. The van der Waals surface area contributed by atoms with Crippen LogP contribution in [0.1, 0.15) is 40.6 Å². The van der Waals surface area contributed by atoms with E-state index < -0.39 is 0 Å². The van der Waals surface area contributed by atoms with Gasteiger partial charge in [-0.3, -0.25) is 0 Å². The highest BCUT2D eigenvalue weighted by Gasteiger charge is 2.40. The van der Waals surface area contributed by atoms with Crippen molar-refractivity contribution in [3.63, 3.8) is 0 Å². The van der Waals surface area contributed by atoms with Crippen LogP contribution in [-0.4, -0.2) is 5.11 Å². The first-order valence-electron chi connectivity index (χ1n) is 8.18. The molecule has 2 N–H and O–H groups in total. The van der Waals surface area contributed by atoms with Gasteiger partial charge in [-0.05, 0) is 61.1 Å². The highest BCUT2D eigenvalue weighted by atomic mass is 35.5. The zero-order valence-corrected chi connectivity index (χ0v) is 15.1. The number of phenols is 1. The number of aryl methyl sites for hydroxylation is 2. The van der Waals surface area contributed by atoms with Crippen LogP contribution in [-0.2, 0) is 0 Å². The lowest BCUT2D eigenvalue weighted by atomic mass is 9.75. The number of nitrogens with one attached hydrogen (secondary N) is 1. The van der Waals surface area contributed by atoms with E-state index >= 15 is 0 Å². The predicted octanol–water partition coefficient (Wildman–Crippen LogP) is 6.14. The summed E-state index contributed by atoms with van der Waals surface area (Å²) in [6.45, 7) is 4.28. The van der Waals surface area contributed by atoms with Crippen molar-refractivity contribution in [2.45, 2.75) is 32.2 Å². The third kappa shape index (κ3) is 2.40. The molecular formula is C20H19Cl2NO. The number of rotatable bonds is 1. The molecule has 1 aliphatic carbocycles. The highest BCUT2D eigenvalue weighted by Crippen LogP contribution is 2.53. The molecule has 0 saturated carbocycles. The predicted molar refractivity (Wildman–Crippen MR) is 100 cm³/mol. The van der Waals surface area contributed by atoms with E-state index in [2.05, 4.69) is 43.4 Å². The fourth-order valence-corrected chi connectivity index (χ4v) is 4.78. The molecule has 0 radical (unpaired) electrons. The van der Waals surface area contributed by atoms with Gasteiger partial charge in [-0.15, -0.1) is 0 Å². The number of hydrogen-bond donors (Lipinski definition) is 2. The van der Waals surface area contributed by atoms with E-state index in [1.807, 2.05) is 6.07 Å². The highest BCUT2D eigenvalue weighted by molar-refractivity contribution is 6.35. The SMILES string of the molecule is Cc1cc(C)c2c(c1)NC(c1cc(Cl)cc(Cl)c1O)C1CC=CC21. The van der Waals surface area contributed by atoms with Gasteiger partial charge in [0.25, 0.3) is 0 Å². The average molecular weight is 360 g/mol. The summed E-state index contributed by atoms with van der Waals surface area (Å²) in [7, 11) is 0. The molecule has 1 heterocycles. The van der Waals surface area contributed by atoms with Gasteiger partial charge < -0.3 is 10.4 Å². The monoisotopic (exact) mass is 359 g/mol. The summed E-state index contributed by atoms with van der Waals surface area (Å²) < 4.78 is 0. The van der Waals surface area contributed by atoms with E-state index in [0.717, 1.165) is 17.7 Å². The normalized spacial score (nSPS) is 24.4. The smallest absolute Gasteiger partial charge is 0.139 e. The van der Waals surface area contributed by atoms with Crippen molar-refractivity contribution < 1.29 is 5.11 Å². The van der Waals surface area contributed by atoms with Crippen molar-refractivity contribution in [3.05, 3.63) is 68.7 Å². The van der Waals surface area contributed by atoms with Crippen molar-refractivity contribution in [1.29, 1.82) is 0 Å². The maximum absolute atomic E-state index is 10.5. The molecule has 3 atom stereocenters. The van der Waals surface area contributed by atoms with Crippen LogP contribution in [0, 0.1) is 19.8 Å². The quantitative estimate of drug-likeness (QED) is 0.599. The molecule has 0 fully saturated rings. The van der Waals surface area contributed by atoms with Gasteiger partial charge in [0.1, 0.15) is 5.75 Å². The van der Waals surface area contributed by atoms with E-state index in [4.69, 9.17) is 23.2 Å². The van der Waals surface area contributed by atoms with Crippen LogP contribution in [0.5, 0.6) is 5.75 Å². The Morgan fingerprint density at radius 2 is 1.92 bits per heavy atom. The number of allylic oxidation sites excluding steroid dienone is 2. The molecule has 2 aromatic rings. The Morgan fingerprint density at radius 3 is 2.71 bits per heavy atom. The molecule has 0 spiro atoms. The molecule has 3 unspecified atom stereocenters. The topological polar surface area (TPSA) is 32.3 Å². The Kier molecular flexibility index (Phi) is 3.78. The van der Waals surface area contributed by atoms with Gasteiger partial charge in [0.15, 0.2) is 0 Å². The summed E-state index contributed by atoms with van der Waals surface area (Å²) in [5, 5.41) is 15.0. The second kappa shape index (κ2) is 5.72. The third-order valence-corrected chi connectivity index (χ3v) is 5.72. The van der Waals surface area contributed by atoms with Crippen LogP contribution in [0.15, 0.2) is 36.4 Å². The summed E-state index contributed by atoms with van der Waals surface area (Å²) in [5.74, 6) is 0.820. The molecule has 124 valence electrons. The minimum absolute atomic E-state index is 0.0186. The molecule has 24 heavy (non-hydrogen) atoms. The third-order valence-electron chi connectivity index (χ3n) is 5.21. The lowest BCUT2D eigenvalue weighted by Crippen LogP contribution is -2.29. The maximum Gasteiger partial charge on any atom is 0.139 e. The van der Waals surface area contributed by atoms with Gasteiger partial charge in [-0.25, -0.2) is 0 Å². The van der Waals surface area contributed by atoms with Crippen LogP contribution in [0.2, 0.25) is 10.0 Å². The van der Waals surface area contributed by atoms with Crippen LogP contribution in [0.25, 0.3) is 0 Å². The summed E-state index contributed by atoms with van der Waals surface area (Å²) in [6, 6.07) is 7.80. The first-order chi connectivity index (χ1) is 11.5. The van der Waals surface area contributed by atoms with Crippen molar-refractivity contribution in [2.24, 2.45) is 5.92 Å². The van der Waals surface area contributed by atoms with E-state index in [9.17, 15) is 5.11 Å². The molecule has 1 aliphatic heterocycles. The van der Waals surface area contributed by atoms with E-state index in [-0.39, 0.29) is 11.8 Å². The van der Waals surface area contributed by atoms with Gasteiger partial charge in [-0.1, -0.05) is 41.4 Å². The number of anilines is 1. The first-order valence-corrected chi connectivity index (χ1v) is 8.93. The minimum Gasteiger partial charge on any atom is -0.506 e. The number of benzene rings is 2. The van der Waals surface area contributed by atoms with Gasteiger partial charge in [0.2, 0.25) is 0 Å². The molecule has 0 aromatic heterocycles. The Labute approximate surface area is 152 Å². The molecule has 2 aromatic carbocycles. The molecule has 2 nitrogen and oxygen atoms in total. The molecule has 0 amide bonds. The standard InChI is InChI=1S/C20H19Cl2NO/c1-10-6-11(2)18-13-4-3-5-14(13)19(23-17(18)7-10)15-8-12(21)9-16(22)20(15)24/h3-4,6-9,13-14,19,23-24H,5H2,1-2H3. The van der Waals surface area contributed by atoms with Crippen LogP contribution >= 0.6 is 23.2 Å². The van der Waals surface area contributed by atoms with E-state index in [1.165, 1.54) is 16.7 Å². The van der Waals surface area contributed by atoms with Crippen LogP contribution in [0.4, 0.5) is 5.69 Å². The molecule has 4 heteroatoms. The van der Waals surface area contributed by atoms with E-state index in [1.54, 1.807) is 6.07 Å². The zero-order valence-electron chi connectivity index (χ0n) is 13.6. The average Bonchev–Trinajstić information content (AvgIpc) is 2.98. The van der Waals surface area contributed by atoms with Crippen molar-refractivity contribution >= 4 is 28.9 Å². The molecule has 0 bridgehead atoms. The lowest BCUT2D eigenvalue weighted by Gasteiger charge is -2.39. The minimum atomic E-state index is -0.0186. The summed E-state index contributed by atoms with van der Waals surface area (Å²) >= 11 is 12.4. The van der Waals surface area contributed by atoms with Crippen LogP contribution in [0.3, 0.4) is 0 Å². The summed E-state index contributed by atoms with van der Waals surface area (Å²) in [6.07, 6.45) is 5.50. The fourth-order valence-electron chi connectivity index (χ4n) is 4.27. The number of phenolic OH excluding ortho intramolecular Hbond substituents is 1. The summed E-state index contributed by atoms with van der Waals surface area (Å²) in [4.78, 5) is 0. The second-order valence-corrected chi connectivity index (χ2v) is 7.69.